The van der Waals surface area contributed by atoms with Crippen LogP contribution in [0.15, 0.2) is 40.6 Å². The molecule has 0 saturated carbocycles. The number of nitrogens with one attached hydrogen (secondary N) is 1. The van der Waals surface area contributed by atoms with Gasteiger partial charge in [0.2, 0.25) is 0 Å². The van der Waals surface area contributed by atoms with E-state index >= 15 is 0 Å². The quantitative estimate of drug-likeness (QED) is 0.882. The standard InChI is InChI=1S/C13H16ClN3S/c1-2-10(15)7-9-3-4-11(8-12(9)14)18-13-16-5-6-17-13/h3-6,8,10H,2,7,15H2,1H3,(H,16,17). The molecule has 1 aromatic carbocycles. The predicted octanol–water partition coefficient (Wildman–Crippen LogP) is 3.49. The van der Waals surface area contributed by atoms with E-state index in [1.807, 2.05) is 12.1 Å². The van der Waals surface area contributed by atoms with Crippen molar-refractivity contribution in [3.8, 4) is 0 Å². The van der Waals surface area contributed by atoms with Gasteiger partial charge < -0.3 is 10.7 Å². The first kappa shape index (κ1) is 13.5. The minimum Gasteiger partial charge on any atom is -0.339 e. The Morgan fingerprint density at radius 2 is 2.33 bits per heavy atom. The highest BCUT2D eigenvalue weighted by atomic mass is 35.5. The average Bonchev–Trinajstić information content (AvgIpc) is 2.85. The zero-order valence-corrected chi connectivity index (χ0v) is 11.8. The molecule has 0 fully saturated rings. The topological polar surface area (TPSA) is 54.7 Å². The molecule has 1 heterocycles. The molecular weight excluding hydrogens is 266 g/mol. The molecule has 1 unspecified atom stereocenters. The fourth-order valence-electron chi connectivity index (χ4n) is 1.60. The molecule has 0 aliphatic carbocycles. The SMILES string of the molecule is CCC(N)Cc1ccc(Sc2ncc[nH]2)cc1Cl. The minimum atomic E-state index is 0.172. The molecule has 0 spiro atoms. The number of benzene rings is 1. The van der Waals surface area contributed by atoms with Crippen LogP contribution in [0.3, 0.4) is 0 Å². The van der Waals surface area contributed by atoms with Gasteiger partial charge in [0.15, 0.2) is 5.16 Å². The summed E-state index contributed by atoms with van der Waals surface area (Å²) in [6, 6.07) is 6.23. The molecule has 0 bridgehead atoms. The van der Waals surface area contributed by atoms with Crippen molar-refractivity contribution in [3.63, 3.8) is 0 Å². The van der Waals surface area contributed by atoms with Gasteiger partial charge in [0.25, 0.3) is 0 Å². The number of H-pyrrole nitrogens is 1. The Hall–Kier alpha value is -0.970. The third-order valence-electron chi connectivity index (χ3n) is 2.72. The fraction of sp³-hybridized carbons (Fsp3) is 0.308. The Morgan fingerprint density at radius 3 is 2.94 bits per heavy atom. The number of aromatic amines is 1. The molecule has 3 nitrogen and oxygen atoms in total. The maximum absolute atomic E-state index is 6.27. The number of rotatable bonds is 5. The van der Waals surface area contributed by atoms with E-state index in [1.54, 1.807) is 24.2 Å². The van der Waals surface area contributed by atoms with Gasteiger partial charge in [0, 0.05) is 28.4 Å². The van der Waals surface area contributed by atoms with Crippen molar-refractivity contribution in [3.05, 3.63) is 41.2 Å². The monoisotopic (exact) mass is 281 g/mol. The molecule has 5 heteroatoms. The molecular formula is C13H16ClN3S. The normalized spacial score (nSPS) is 12.6. The Morgan fingerprint density at radius 1 is 1.50 bits per heavy atom. The lowest BCUT2D eigenvalue weighted by Crippen LogP contribution is -2.21. The van der Waals surface area contributed by atoms with Crippen LogP contribution in [0.5, 0.6) is 0 Å². The van der Waals surface area contributed by atoms with E-state index in [9.17, 15) is 0 Å². The Kier molecular flexibility index (Phi) is 4.69. The number of nitrogens with zero attached hydrogens (tertiary/aromatic N) is 1. The summed E-state index contributed by atoms with van der Waals surface area (Å²) in [7, 11) is 0. The maximum atomic E-state index is 6.27. The van der Waals surface area contributed by atoms with E-state index in [4.69, 9.17) is 17.3 Å². The highest BCUT2D eigenvalue weighted by Crippen LogP contribution is 2.29. The second-order valence-corrected chi connectivity index (χ2v) is 5.59. The average molecular weight is 282 g/mol. The van der Waals surface area contributed by atoms with Gasteiger partial charge in [-0.15, -0.1) is 0 Å². The summed E-state index contributed by atoms with van der Waals surface area (Å²) < 4.78 is 0. The highest BCUT2D eigenvalue weighted by molar-refractivity contribution is 7.99. The van der Waals surface area contributed by atoms with Crippen molar-refractivity contribution < 1.29 is 0 Å². The molecule has 2 rings (SSSR count). The number of halogens is 1. The third kappa shape index (κ3) is 3.51. The smallest absolute Gasteiger partial charge is 0.170 e. The molecule has 0 saturated heterocycles. The summed E-state index contributed by atoms with van der Waals surface area (Å²) in [5, 5.41) is 1.64. The second-order valence-electron chi connectivity index (χ2n) is 4.12. The van der Waals surface area contributed by atoms with E-state index in [2.05, 4.69) is 23.0 Å². The van der Waals surface area contributed by atoms with E-state index < -0.39 is 0 Å². The lowest BCUT2D eigenvalue weighted by atomic mass is 10.1. The van der Waals surface area contributed by atoms with Gasteiger partial charge in [-0.1, -0.05) is 36.4 Å². The van der Waals surface area contributed by atoms with Gasteiger partial charge in [-0.05, 0) is 30.5 Å². The molecule has 2 aromatic rings. The number of hydrogen-bond acceptors (Lipinski definition) is 3. The van der Waals surface area contributed by atoms with E-state index in [0.29, 0.717) is 0 Å². The Labute approximate surface area is 116 Å². The van der Waals surface area contributed by atoms with Gasteiger partial charge in [-0.2, -0.15) is 0 Å². The molecule has 96 valence electrons. The molecule has 0 aliphatic rings. The Bertz CT molecular complexity index is 499. The minimum absolute atomic E-state index is 0.172. The summed E-state index contributed by atoms with van der Waals surface area (Å²) in [4.78, 5) is 8.29. The highest BCUT2D eigenvalue weighted by Gasteiger charge is 2.07. The zero-order chi connectivity index (χ0) is 13.0. The summed E-state index contributed by atoms with van der Waals surface area (Å²) in [6.45, 7) is 2.08. The van der Waals surface area contributed by atoms with Crippen LogP contribution in [-0.2, 0) is 6.42 Å². The largest absolute Gasteiger partial charge is 0.339 e. The number of nitrogens with two attached hydrogens (primary N) is 1. The predicted molar refractivity (Wildman–Crippen MR) is 76.1 cm³/mol. The fourth-order valence-corrected chi connectivity index (χ4v) is 2.70. The van der Waals surface area contributed by atoms with Crippen molar-refractivity contribution in [2.75, 3.05) is 0 Å². The van der Waals surface area contributed by atoms with Crippen molar-refractivity contribution >= 4 is 23.4 Å². The summed E-state index contributed by atoms with van der Waals surface area (Å²) in [6.07, 6.45) is 5.32. The first-order valence-electron chi connectivity index (χ1n) is 5.90. The van der Waals surface area contributed by atoms with Crippen molar-refractivity contribution in [1.29, 1.82) is 0 Å². The van der Waals surface area contributed by atoms with Crippen LogP contribution in [-0.4, -0.2) is 16.0 Å². The van der Waals surface area contributed by atoms with Crippen LogP contribution >= 0.6 is 23.4 Å². The van der Waals surface area contributed by atoms with Crippen LogP contribution < -0.4 is 5.73 Å². The Balaban J connectivity index is 2.09. The van der Waals surface area contributed by atoms with Crippen molar-refractivity contribution in [2.24, 2.45) is 5.73 Å². The lowest BCUT2D eigenvalue weighted by molar-refractivity contribution is 0.646. The van der Waals surface area contributed by atoms with Crippen LogP contribution in [0.1, 0.15) is 18.9 Å². The van der Waals surface area contributed by atoms with Crippen LogP contribution in [0, 0.1) is 0 Å². The number of hydrogen-bond donors (Lipinski definition) is 2. The molecule has 0 radical (unpaired) electrons. The molecule has 1 aromatic heterocycles. The summed E-state index contributed by atoms with van der Waals surface area (Å²) in [5.41, 5.74) is 7.05. The van der Waals surface area contributed by atoms with E-state index in [1.165, 1.54) is 0 Å². The van der Waals surface area contributed by atoms with Gasteiger partial charge in [0.05, 0.1) is 0 Å². The molecule has 18 heavy (non-hydrogen) atoms. The molecule has 0 amide bonds. The first-order valence-corrected chi connectivity index (χ1v) is 7.09. The third-order valence-corrected chi connectivity index (χ3v) is 3.98. The van der Waals surface area contributed by atoms with Gasteiger partial charge in [-0.3, -0.25) is 0 Å². The van der Waals surface area contributed by atoms with Gasteiger partial charge in [0.1, 0.15) is 0 Å². The molecule has 1 atom stereocenters. The van der Waals surface area contributed by atoms with Crippen LogP contribution in [0.2, 0.25) is 5.02 Å². The lowest BCUT2D eigenvalue weighted by Gasteiger charge is -2.11. The second kappa shape index (κ2) is 6.27. The van der Waals surface area contributed by atoms with E-state index in [0.717, 1.165) is 33.5 Å². The van der Waals surface area contributed by atoms with Crippen molar-refractivity contribution in [1.82, 2.24) is 9.97 Å². The molecule has 0 aliphatic heterocycles. The van der Waals surface area contributed by atoms with Crippen LogP contribution in [0.25, 0.3) is 0 Å². The zero-order valence-electron chi connectivity index (χ0n) is 10.2. The number of imidazole rings is 1. The van der Waals surface area contributed by atoms with Crippen LogP contribution in [0.4, 0.5) is 0 Å². The first-order chi connectivity index (χ1) is 8.69. The summed E-state index contributed by atoms with van der Waals surface area (Å²) in [5.74, 6) is 0. The van der Waals surface area contributed by atoms with Gasteiger partial charge >= 0.3 is 0 Å². The maximum Gasteiger partial charge on any atom is 0.170 e. The van der Waals surface area contributed by atoms with Gasteiger partial charge in [-0.25, -0.2) is 4.98 Å². The van der Waals surface area contributed by atoms with E-state index in [-0.39, 0.29) is 6.04 Å². The number of aromatic nitrogens is 2. The van der Waals surface area contributed by atoms with Crippen molar-refractivity contribution in [2.45, 2.75) is 35.9 Å². The molecule has 3 N–H and O–H groups in total. The summed E-state index contributed by atoms with van der Waals surface area (Å²) >= 11 is 7.83.